The number of ketones is 3. The van der Waals surface area contributed by atoms with Gasteiger partial charge in [0.2, 0.25) is 11.5 Å². The van der Waals surface area contributed by atoms with Gasteiger partial charge in [-0.1, -0.05) is 34.8 Å². The molecule has 2 aromatic carbocycles. The highest BCUT2D eigenvalue weighted by atomic mass is 35.5. The van der Waals surface area contributed by atoms with Crippen LogP contribution in [0.3, 0.4) is 0 Å². The topological polar surface area (TPSA) is 260 Å². The number of carbonyl (C=O) groups is 5. The van der Waals surface area contributed by atoms with Crippen LogP contribution in [0.4, 0.5) is 4.79 Å². The number of benzene rings is 2. The van der Waals surface area contributed by atoms with E-state index in [-0.39, 0.29) is 69.7 Å². The van der Waals surface area contributed by atoms with Crippen molar-refractivity contribution in [3.63, 3.8) is 0 Å². The summed E-state index contributed by atoms with van der Waals surface area (Å²) in [6.45, 7) is 8.00. The van der Waals surface area contributed by atoms with Crippen LogP contribution in [0.25, 0.3) is 4.85 Å². The zero-order valence-electron chi connectivity index (χ0n) is 34.7. The minimum Gasteiger partial charge on any atom is -0.486 e. The molecular weight excluding hydrogens is 918 g/mol. The van der Waals surface area contributed by atoms with E-state index < -0.39 is 17.8 Å². The van der Waals surface area contributed by atoms with Gasteiger partial charge in [0.25, 0.3) is 0 Å². The lowest BCUT2D eigenvalue weighted by atomic mass is 9.99. The summed E-state index contributed by atoms with van der Waals surface area (Å²) in [6.07, 6.45) is 9.30. The van der Waals surface area contributed by atoms with Crippen LogP contribution in [-0.4, -0.2) is 75.1 Å². The lowest BCUT2D eigenvalue weighted by Gasteiger charge is -2.07. The number of carbonyl (C=O) groups excluding carboxylic acids is 5. The molecule has 24 heteroatoms. The molecule has 0 radical (unpaired) electrons. The van der Waals surface area contributed by atoms with E-state index in [2.05, 4.69) is 35.6 Å². The molecule has 3 N–H and O–H groups in total. The zero-order valence-corrected chi connectivity index (χ0v) is 37.8. The van der Waals surface area contributed by atoms with Gasteiger partial charge < -0.3 is 19.2 Å². The number of Topliss-reactive ketones (excluding diaryl/α,β-unsaturated/α-hetero) is 2. The lowest BCUT2D eigenvalue weighted by molar-refractivity contribution is -0.119. The number of hydrogen-bond acceptors (Lipinski definition) is 17. The van der Waals surface area contributed by atoms with Crippen molar-refractivity contribution in [2.45, 2.75) is 65.0 Å². The normalized spacial score (nSPS) is 12.4. The number of terminal acetylenes is 1. The minimum atomic E-state index is -0.944. The van der Waals surface area contributed by atoms with Crippen LogP contribution < -0.4 is 17.3 Å². The molecule has 2 saturated carbocycles. The van der Waals surface area contributed by atoms with Gasteiger partial charge in [-0.05, 0) is 92.5 Å². The number of aromatic nitrogens is 7. The first-order chi connectivity index (χ1) is 30.5. The zero-order chi connectivity index (χ0) is 47.4. The number of hydrogen-bond donors (Lipinski definition) is 2. The Morgan fingerprint density at radius 1 is 0.906 bits per heavy atom. The highest BCUT2D eigenvalue weighted by molar-refractivity contribution is 7.99. The molecule has 5 aromatic rings. The monoisotopic (exact) mass is 955 g/mol. The summed E-state index contributed by atoms with van der Waals surface area (Å²) < 4.78 is 19.3. The Kier molecular flexibility index (Phi) is 18.0. The number of aryl methyl sites for hydroxylation is 2. The van der Waals surface area contributed by atoms with Crippen LogP contribution in [0.1, 0.15) is 87.5 Å². The average molecular weight is 957 g/mol. The van der Waals surface area contributed by atoms with Crippen LogP contribution in [0.15, 0.2) is 70.6 Å². The van der Waals surface area contributed by atoms with Crippen molar-refractivity contribution in [3.8, 4) is 12.5 Å². The van der Waals surface area contributed by atoms with Crippen molar-refractivity contribution < 1.29 is 43.2 Å². The van der Waals surface area contributed by atoms with Gasteiger partial charge in [-0.25, -0.2) is 29.6 Å². The highest BCUT2D eigenvalue weighted by Gasteiger charge is 2.38. The van der Waals surface area contributed by atoms with Gasteiger partial charge in [-0.2, -0.15) is 4.85 Å². The van der Waals surface area contributed by atoms with Gasteiger partial charge in [-0.3, -0.25) is 28.3 Å². The number of esters is 1. The Morgan fingerprint density at radius 3 is 1.81 bits per heavy atom. The number of nitrogens with two attached hydrogens (primary N) is 1. The second-order valence-electron chi connectivity index (χ2n) is 13.5. The van der Waals surface area contributed by atoms with Crippen molar-refractivity contribution in [1.82, 2.24) is 33.9 Å². The summed E-state index contributed by atoms with van der Waals surface area (Å²) in [6, 6.07) is 9.81. The molecule has 336 valence electrons. The fourth-order valence-corrected chi connectivity index (χ4v) is 7.96. The quantitative estimate of drug-likeness (QED) is 0.0361. The van der Waals surface area contributed by atoms with E-state index in [0.717, 1.165) is 30.6 Å². The molecule has 0 unspecified atom stereocenters. The smallest absolute Gasteiger partial charge is 0.486 e. The van der Waals surface area contributed by atoms with E-state index in [4.69, 9.17) is 45.9 Å². The number of amides is 1. The third-order valence-corrected chi connectivity index (χ3v) is 11.7. The molecule has 2 fully saturated rings. The SMILES string of the molecule is C#COC(=O)c1noc(C2CC2)c1C(=O)c1ccc(Sc2nn(C)c(=O)n2C)cc1Cl.Cn1nc(Sc2ccc(C(=O)CC(=O)C3CC3)c(Cl)c2)n(C)c1=O.NO.[C-]#[N+]C(=O)OCC. The van der Waals surface area contributed by atoms with Crippen molar-refractivity contribution >= 4 is 76.1 Å². The molecule has 2 aliphatic rings. The minimum absolute atomic E-state index is 0.00185. The number of nitrogens with zero attached hydrogens (tertiary/aromatic N) is 8. The van der Waals surface area contributed by atoms with E-state index in [1.165, 1.54) is 48.1 Å². The van der Waals surface area contributed by atoms with Gasteiger partial charge in [0, 0.05) is 60.9 Å². The molecule has 3 heterocycles. The number of halogens is 2. The third kappa shape index (κ3) is 12.7. The van der Waals surface area contributed by atoms with Gasteiger partial charge in [0.1, 0.15) is 24.0 Å². The van der Waals surface area contributed by atoms with E-state index in [1.807, 2.05) is 0 Å². The summed E-state index contributed by atoms with van der Waals surface area (Å²) in [4.78, 5) is 86.7. The summed E-state index contributed by atoms with van der Waals surface area (Å²) >= 11 is 15.1. The van der Waals surface area contributed by atoms with Gasteiger partial charge in [-0.15, -0.1) is 10.2 Å². The van der Waals surface area contributed by atoms with Crippen LogP contribution in [-0.2, 0) is 42.5 Å². The Labute approximate surface area is 382 Å². The maximum Gasteiger partial charge on any atom is 0.561 e. The highest BCUT2D eigenvalue weighted by Crippen LogP contribution is 2.43. The molecule has 0 aliphatic heterocycles. The van der Waals surface area contributed by atoms with Crippen molar-refractivity contribution in [1.29, 1.82) is 0 Å². The molecule has 0 spiro atoms. The second-order valence-corrected chi connectivity index (χ2v) is 16.4. The van der Waals surface area contributed by atoms with E-state index in [1.54, 1.807) is 71.6 Å². The molecule has 0 bridgehead atoms. The summed E-state index contributed by atoms with van der Waals surface area (Å²) in [5.41, 5.74) is -0.216. The van der Waals surface area contributed by atoms with Crippen LogP contribution in [0.5, 0.6) is 0 Å². The fraction of sp³-hybridized carbons (Fsp3) is 0.325. The standard InChI is InChI=1S/C20H15ClN4O5S.C16H16ClN3O3S.C4H5NO2.H3NO/c1-4-29-18(27)15-14(17(30-23-15)10-5-6-10)16(26)12-8-7-11(9-13(12)21)31-19-22-25(3)20(28)24(19)2;1-19-15(18-20(2)16(19)23)24-10-5-6-11(12(17)7-10)14(22)8-13(21)9-3-4-9;1-3-7-4(6)5-2;1-2/h1,7-10H,5-6H2,2-3H3;5-7,9H,3-4,8H2,1-2H3;3H2,1H3;2H,1H2. The average Bonchev–Trinajstić information content (AvgIpc) is 4.22. The first-order valence-electron chi connectivity index (χ1n) is 18.7. The Hall–Kier alpha value is -6.27. The predicted molar refractivity (Wildman–Crippen MR) is 230 cm³/mol. The summed E-state index contributed by atoms with van der Waals surface area (Å²) in [5, 5.41) is 20.0. The second kappa shape index (κ2) is 22.9. The van der Waals surface area contributed by atoms with Gasteiger partial charge >= 0.3 is 23.4 Å². The number of ether oxygens (including phenoxy) is 2. The number of rotatable bonds is 13. The maximum absolute atomic E-state index is 13.3. The molecule has 3 aromatic heterocycles. The van der Waals surface area contributed by atoms with Gasteiger partial charge in [0.05, 0.1) is 23.1 Å². The Bertz CT molecular complexity index is 2790. The molecule has 0 saturated heterocycles. The van der Waals surface area contributed by atoms with Crippen molar-refractivity contribution in [2.24, 2.45) is 40.0 Å². The fourth-order valence-electron chi connectivity index (χ4n) is 5.47. The predicted octanol–water partition coefficient (Wildman–Crippen LogP) is 5.64. The Balaban J connectivity index is 0.000000241. The largest absolute Gasteiger partial charge is 0.561 e. The van der Waals surface area contributed by atoms with Crippen LogP contribution in [0, 0.1) is 25.0 Å². The summed E-state index contributed by atoms with van der Waals surface area (Å²) in [7, 11) is 6.39. The molecular formula is C40H39Cl2N9O11S2. The lowest BCUT2D eigenvalue weighted by Crippen LogP contribution is -2.20. The van der Waals surface area contributed by atoms with Crippen molar-refractivity contribution in [2.75, 3.05) is 6.61 Å². The molecule has 2 aliphatic carbocycles. The van der Waals surface area contributed by atoms with Crippen molar-refractivity contribution in [3.05, 3.63) is 107 Å². The Morgan fingerprint density at radius 2 is 1.42 bits per heavy atom. The third-order valence-electron chi connectivity index (χ3n) is 8.98. The van der Waals surface area contributed by atoms with Crippen LogP contribution >= 0.6 is 46.7 Å². The van der Waals surface area contributed by atoms with E-state index in [9.17, 15) is 33.6 Å². The molecule has 7 rings (SSSR count). The first-order valence-corrected chi connectivity index (χ1v) is 21.1. The van der Waals surface area contributed by atoms with E-state index >= 15 is 0 Å². The summed E-state index contributed by atoms with van der Waals surface area (Å²) in [5.74, 6) is 2.19. The molecule has 64 heavy (non-hydrogen) atoms. The van der Waals surface area contributed by atoms with E-state index in [0.29, 0.717) is 31.6 Å². The first kappa shape index (κ1) is 50.4. The van der Waals surface area contributed by atoms with Gasteiger partial charge in [0.15, 0.2) is 21.9 Å². The molecule has 0 atom stereocenters. The molecule has 20 nitrogen and oxygen atoms in total. The maximum atomic E-state index is 13.3. The van der Waals surface area contributed by atoms with Crippen LogP contribution in [0.2, 0.25) is 10.0 Å². The molecule has 1 amide bonds.